The van der Waals surface area contributed by atoms with Crippen molar-refractivity contribution in [2.75, 3.05) is 18.6 Å². The molecule has 0 radical (unpaired) electrons. The highest BCUT2D eigenvalue weighted by atomic mass is 16.5. The van der Waals surface area contributed by atoms with Gasteiger partial charge in [-0.2, -0.15) is 0 Å². The van der Waals surface area contributed by atoms with Gasteiger partial charge in [-0.15, -0.1) is 0 Å². The summed E-state index contributed by atoms with van der Waals surface area (Å²) in [6.45, 7) is 0.667. The Morgan fingerprint density at radius 3 is 2.54 bits per heavy atom. The minimum Gasteiger partial charge on any atom is -0.497 e. The standard InChI is InChI=1S/C20H24N2O4/c1-26-14-8-6-13(7-9-14)22-19(24)12-17(20(22)25)21-11-10-18(23)15-4-2-3-5-16(15)21/h6-9,15-17H,2-5,10-12H2,1H3/p+1/t15-,16-,17-/m1/s1. The smallest absolute Gasteiger partial charge is 0.292 e. The fourth-order valence-corrected chi connectivity index (χ4v) is 4.96. The quantitative estimate of drug-likeness (QED) is 0.811. The molecule has 1 unspecified atom stereocenters. The van der Waals surface area contributed by atoms with Crippen LogP contribution in [-0.4, -0.2) is 43.3 Å². The van der Waals surface area contributed by atoms with Crippen molar-refractivity contribution >= 4 is 23.3 Å². The van der Waals surface area contributed by atoms with E-state index in [1.54, 1.807) is 31.4 Å². The molecule has 26 heavy (non-hydrogen) atoms. The average Bonchev–Trinajstić information content (AvgIpc) is 2.96. The molecule has 1 aromatic carbocycles. The number of methoxy groups -OCH3 is 1. The van der Waals surface area contributed by atoms with Gasteiger partial charge in [-0.1, -0.05) is 6.42 Å². The molecule has 2 amide bonds. The molecule has 4 rings (SSSR count). The normalized spacial score (nSPS) is 31.9. The number of fused-ring (bicyclic) bond motifs is 1. The van der Waals surface area contributed by atoms with Gasteiger partial charge in [0.25, 0.3) is 5.91 Å². The van der Waals surface area contributed by atoms with E-state index in [4.69, 9.17) is 4.74 Å². The Labute approximate surface area is 153 Å². The molecule has 4 atom stereocenters. The molecule has 1 aliphatic carbocycles. The van der Waals surface area contributed by atoms with E-state index in [9.17, 15) is 14.4 Å². The van der Waals surface area contributed by atoms with E-state index in [2.05, 4.69) is 0 Å². The highest BCUT2D eigenvalue weighted by molar-refractivity contribution is 6.21. The van der Waals surface area contributed by atoms with Gasteiger partial charge in [0.15, 0.2) is 6.04 Å². The number of anilines is 1. The van der Waals surface area contributed by atoms with E-state index in [-0.39, 0.29) is 36.2 Å². The van der Waals surface area contributed by atoms with Gasteiger partial charge in [0, 0.05) is 6.42 Å². The number of likely N-dealkylation sites (tertiary alicyclic amines) is 1. The number of imide groups is 1. The number of nitrogens with zero attached hydrogens (tertiary/aromatic N) is 1. The summed E-state index contributed by atoms with van der Waals surface area (Å²) in [4.78, 5) is 40.5. The van der Waals surface area contributed by atoms with Crippen LogP contribution in [0.1, 0.15) is 38.5 Å². The zero-order valence-corrected chi connectivity index (χ0v) is 15.1. The summed E-state index contributed by atoms with van der Waals surface area (Å²) in [5.74, 6) is 0.832. The Morgan fingerprint density at radius 2 is 1.81 bits per heavy atom. The van der Waals surface area contributed by atoms with Gasteiger partial charge in [-0.3, -0.25) is 14.4 Å². The summed E-state index contributed by atoms with van der Waals surface area (Å²) < 4.78 is 5.15. The maximum Gasteiger partial charge on any atom is 0.292 e. The molecule has 1 N–H and O–H groups in total. The molecule has 6 nitrogen and oxygen atoms in total. The maximum absolute atomic E-state index is 13.1. The van der Waals surface area contributed by atoms with Crippen LogP contribution in [0.2, 0.25) is 0 Å². The third-order valence-electron chi connectivity index (χ3n) is 6.24. The Hall–Kier alpha value is -2.21. The number of ketones is 1. The van der Waals surface area contributed by atoms with E-state index in [1.165, 1.54) is 4.90 Å². The predicted molar refractivity (Wildman–Crippen MR) is 95.1 cm³/mol. The molecule has 6 heteroatoms. The first-order valence-corrected chi connectivity index (χ1v) is 9.49. The van der Waals surface area contributed by atoms with E-state index in [0.717, 1.165) is 30.6 Å². The first-order valence-electron chi connectivity index (χ1n) is 9.49. The molecule has 3 fully saturated rings. The van der Waals surface area contributed by atoms with Crippen molar-refractivity contribution in [2.45, 2.75) is 50.6 Å². The number of amides is 2. The van der Waals surface area contributed by atoms with Gasteiger partial charge in [0.1, 0.15) is 11.5 Å². The molecular weight excluding hydrogens is 332 g/mol. The van der Waals surface area contributed by atoms with Crippen molar-refractivity contribution in [1.29, 1.82) is 0 Å². The van der Waals surface area contributed by atoms with E-state index >= 15 is 0 Å². The number of ether oxygens (including phenoxy) is 1. The number of Topliss-reactive ketones (excluding diaryl/α,β-unsaturated/α-hetero) is 1. The molecule has 0 spiro atoms. The lowest BCUT2D eigenvalue weighted by Crippen LogP contribution is -3.22. The van der Waals surface area contributed by atoms with E-state index in [0.29, 0.717) is 30.2 Å². The molecule has 3 aliphatic rings. The summed E-state index contributed by atoms with van der Waals surface area (Å²) in [7, 11) is 1.58. The SMILES string of the molecule is COc1ccc(N2C(=O)C[C@@H]([NH+]3CCC(=O)[C@@H]4CCCC[C@H]43)C2=O)cc1. The van der Waals surface area contributed by atoms with Crippen LogP contribution >= 0.6 is 0 Å². The highest BCUT2D eigenvalue weighted by Crippen LogP contribution is 2.29. The van der Waals surface area contributed by atoms with Crippen molar-refractivity contribution in [3.63, 3.8) is 0 Å². The maximum atomic E-state index is 13.1. The van der Waals surface area contributed by atoms with Crippen molar-refractivity contribution in [3.8, 4) is 5.75 Å². The molecule has 2 aliphatic heterocycles. The molecule has 0 bridgehead atoms. The zero-order chi connectivity index (χ0) is 18.3. The Balaban J connectivity index is 1.57. The van der Waals surface area contributed by atoms with Gasteiger partial charge >= 0.3 is 0 Å². The first kappa shape index (κ1) is 17.2. The van der Waals surface area contributed by atoms with E-state index in [1.807, 2.05) is 0 Å². The van der Waals surface area contributed by atoms with Gasteiger partial charge in [-0.25, -0.2) is 4.90 Å². The second-order valence-electron chi connectivity index (χ2n) is 7.56. The lowest BCUT2D eigenvalue weighted by atomic mass is 9.77. The van der Waals surface area contributed by atoms with Crippen molar-refractivity contribution in [3.05, 3.63) is 24.3 Å². The molecule has 2 saturated heterocycles. The predicted octanol–water partition coefficient (Wildman–Crippen LogP) is 0.744. The van der Waals surface area contributed by atoms with Crippen LogP contribution in [0.15, 0.2) is 24.3 Å². The lowest BCUT2D eigenvalue weighted by Gasteiger charge is -2.42. The molecule has 1 saturated carbocycles. The average molecular weight is 357 g/mol. The van der Waals surface area contributed by atoms with Crippen molar-refractivity contribution in [2.24, 2.45) is 5.92 Å². The molecule has 138 valence electrons. The van der Waals surface area contributed by atoms with Crippen LogP contribution in [0, 0.1) is 5.92 Å². The molecule has 1 aromatic rings. The number of quaternary nitrogens is 1. The highest BCUT2D eigenvalue weighted by Gasteiger charge is 2.52. The van der Waals surface area contributed by atoms with Crippen LogP contribution in [-0.2, 0) is 14.4 Å². The van der Waals surface area contributed by atoms with Crippen LogP contribution in [0.4, 0.5) is 5.69 Å². The number of piperidine rings is 1. The third kappa shape index (κ3) is 2.82. The fourth-order valence-electron chi connectivity index (χ4n) is 4.96. The summed E-state index contributed by atoms with van der Waals surface area (Å²) in [6.07, 6.45) is 4.87. The lowest BCUT2D eigenvalue weighted by molar-refractivity contribution is -0.945. The Bertz CT molecular complexity index is 730. The number of carbonyl (C=O) groups excluding carboxylic acids is 3. The molecule has 2 heterocycles. The molecule has 0 aromatic heterocycles. The van der Waals surface area contributed by atoms with Crippen LogP contribution < -0.4 is 14.5 Å². The summed E-state index contributed by atoms with van der Waals surface area (Å²) in [5, 5.41) is 0. The molecular formula is C20H25N2O4+. The third-order valence-corrected chi connectivity index (χ3v) is 6.24. The topological polar surface area (TPSA) is 68.1 Å². The largest absolute Gasteiger partial charge is 0.497 e. The van der Waals surface area contributed by atoms with Gasteiger partial charge < -0.3 is 9.64 Å². The van der Waals surface area contributed by atoms with Gasteiger partial charge in [0.2, 0.25) is 5.91 Å². The number of carbonyl (C=O) groups is 3. The minimum absolute atomic E-state index is 0.0745. The Kier molecular flexibility index (Phi) is 4.53. The monoisotopic (exact) mass is 357 g/mol. The fraction of sp³-hybridized carbons (Fsp3) is 0.550. The second-order valence-corrected chi connectivity index (χ2v) is 7.56. The minimum atomic E-state index is -0.358. The van der Waals surface area contributed by atoms with Gasteiger partial charge in [-0.05, 0) is 37.1 Å². The summed E-state index contributed by atoms with van der Waals surface area (Å²) in [5.41, 5.74) is 0.593. The van der Waals surface area contributed by atoms with Crippen molar-refractivity contribution in [1.82, 2.24) is 0 Å². The second kappa shape index (κ2) is 6.83. The van der Waals surface area contributed by atoms with Crippen LogP contribution in [0.3, 0.4) is 0 Å². The first-order chi connectivity index (χ1) is 12.6. The number of hydrogen-bond acceptors (Lipinski definition) is 4. The Morgan fingerprint density at radius 1 is 1.08 bits per heavy atom. The number of rotatable bonds is 3. The number of nitrogens with one attached hydrogen (secondary N) is 1. The van der Waals surface area contributed by atoms with Crippen LogP contribution in [0.25, 0.3) is 0 Å². The van der Waals surface area contributed by atoms with Gasteiger partial charge in [0.05, 0.1) is 44.1 Å². The summed E-state index contributed by atoms with van der Waals surface area (Å²) in [6, 6.07) is 6.84. The summed E-state index contributed by atoms with van der Waals surface area (Å²) >= 11 is 0. The van der Waals surface area contributed by atoms with Crippen LogP contribution in [0.5, 0.6) is 5.75 Å². The zero-order valence-electron chi connectivity index (χ0n) is 15.1. The van der Waals surface area contributed by atoms with Crippen molar-refractivity contribution < 1.29 is 24.0 Å². The number of benzene rings is 1. The van der Waals surface area contributed by atoms with E-state index < -0.39 is 0 Å². The number of hydrogen-bond donors (Lipinski definition) is 1.